The zero-order chi connectivity index (χ0) is 24.0. The van der Waals surface area contributed by atoms with Crippen LogP contribution >= 0.6 is 34.5 Å². The van der Waals surface area contributed by atoms with Crippen LogP contribution in [-0.4, -0.2) is 35.3 Å². The molecule has 1 aromatic heterocycles. The minimum absolute atomic E-state index is 0.129. The lowest BCUT2D eigenvalue weighted by atomic mass is 9.98. The van der Waals surface area contributed by atoms with Gasteiger partial charge in [-0.1, -0.05) is 66.9 Å². The van der Waals surface area contributed by atoms with E-state index in [1.807, 2.05) is 38.1 Å². The number of rotatable bonds is 8. The fourth-order valence-corrected chi connectivity index (χ4v) is 3.95. The minimum atomic E-state index is -0.790. The van der Waals surface area contributed by atoms with E-state index in [0.29, 0.717) is 38.0 Å². The van der Waals surface area contributed by atoms with Gasteiger partial charge in [-0.2, -0.15) is 0 Å². The van der Waals surface area contributed by atoms with Gasteiger partial charge in [0.25, 0.3) is 0 Å². The van der Waals surface area contributed by atoms with Gasteiger partial charge >= 0.3 is 6.03 Å². The summed E-state index contributed by atoms with van der Waals surface area (Å²) in [5.41, 5.74) is 1.28. The Morgan fingerprint density at radius 1 is 1.09 bits per heavy atom. The molecule has 0 fully saturated rings. The molecule has 0 spiro atoms. The number of methoxy groups -OCH3 is 1. The lowest BCUT2D eigenvalue weighted by Crippen LogP contribution is -2.49. The SMILES string of the molecule is CC[C@H](C)[C@@H](NC(=O)Nc1ccc(Cl)c(Cl)c1)C(=O)Nc1nnc(-c2cccc(OC)c2)s1. The molecule has 174 valence electrons. The first-order chi connectivity index (χ1) is 15.8. The number of amides is 3. The molecule has 0 aliphatic rings. The van der Waals surface area contributed by atoms with Crippen LogP contribution in [0.3, 0.4) is 0 Å². The standard InChI is InChI=1S/C22H23Cl2N5O3S/c1-4-12(2)18(26-21(31)25-14-8-9-16(23)17(24)11-14)19(30)27-22-29-28-20(33-22)13-6-5-7-15(10-13)32-3/h5-12,18H,4H2,1-3H3,(H2,25,26,31)(H,27,29,30)/t12-,18+/m0/s1. The molecule has 11 heteroatoms. The van der Waals surface area contributed by atoms with Crippen LogP contribution in [0.5, 0.6) is 5.75 Å². The first-order valence-electron chi connectivity index (χ1n) is 10.1. The summed E-state index contributed by atoms with van der Waals surface area (Å²) in [4.78, 5) is 25.5. The number of halogens is 2. The summed E-state index contributed by atoms with van der Waals surface area (Å²) < 4.78 is 5.24. The zero-order valence-electron chi connectivity index (χ0n) is 18.2. The highest BCUT2D eigenvalue weighted by molar-refractivity contribution is 7.18. The van der Waals surface area contributed by atoms with E-state index in [4.69, 9.17) is 27.9 Å². The molecule has 2 aromatic carbocycles. The van der Waals surface area contributed by atoms with Gasteiger partial charge in [-0.3, -0.25) is 10.1 Å². The quantitative estimate of drug-likeness (QED) is 0.362. The van der Waals surface area contributed by atoms with Crippen molar-refractivity contribution >= 4 is 57.3 Å². The average Bonchev–Trinajstić information content (AvgIpc) is 3.27. The Morgan fingerprint density at radius 3 is 2.58 bits per heavy atom. The van der Waals surface area contributed by atoms with Gasteiger partial charge in [0.1, 0.15) is 16.8 Å². The van der Waals surface area contributed by atoms with Crippen molar-refractivity contribution in [3.63, 3.8) is 0 Å². The van der Waals surface area contributed by atoms with Crippen LogP contribution in [0, 0.1) is 5.92 Å². The first kappa shape index (κ1) is 24.8. The van der Waals surface area contributed by atoms with Gasteiger partial charge < -0.3 is 15.4 Å². The van der Waals surface area contributed by atoms with E-state index in [9.17, 15) is 9.59 Å². The van der Waals surface area contributed by atoms with Gasteiger partial charge in [0.05, 0.1) is 17.2 Å². The van der Waals surface area contributed by atoms with Gasteiger partial charge in [-0.05, 0) is 36.2 Å². The highest BCUT2D eigenvalue weighted by atomic mass is 35.5. The van der Waals surface area contributed by atoms with Crippen molar-refractivity contribution in [2.45, 2.75) is 26.3 Å². The normalized spacial score (nSPS) is 12.5. The first-order valence-corrected chi connectivity index (χ1v) is 11.7. The molecule has 3 amide bonds. The summed E-state index contributed by atoms with van der Waals surface area (Å²) in [6.45, 7) is 3.82. The van der Waals surface area contributed by atoms with E-state index in [2.05, 4.69) is 26.1 Å². The summed E-state index contributed by atoms with van der Waals surface area (Å²) in [5, 5.41) is 18.0. The number of anilines is 2. The van der Waals surface area contributed by atoms with Crippen molar-refractivity contribution < 1.29 is 14.3 Å². The number of carbonyl (C=O) groups excluding carboxylic acids is 2. The molecule has 0 aliphatic heterocycles. The number of ether oxygens (including phenoxy) is 1. The van der Waals surface area contributed by atoms with Gasteiger partial charge in [0.15, 0.2) is 0 Å². The molecule has 0 bridgehead atoms. The Balaban J connectivity index is 1.68. The molecule has 3 rings (SSSR count). The summed E-state index contributed by atoms with van der Waals surface area (Å²) >= 11 is 13.1. The van der Waals surface area contributed by atoms with E-state index in [1.165, 1.54) is 17.4 Å². The Bertz CT molecular complexity index is 1140. The summed E-state index contributed by atoms with van der Waals surface area (Å²) in [6.07, 6.45) is 0.677. The zero-order valence-corrected chi connectivity index (χ0v) is 20.5. The minimum Gasteiger partial charge on any atom is -0.497 e. The van der Waals surface area contributed by atoms with Crippen LogP contribution in [0.15, 0.2) is 42.5 Å². The molecule has 0 saturated heterocycles. The number of hydrogen-bond donors (Lipinski definition) is 3. The average molecular weight is 508 g/mol. The van der Waals surface area contributed by atoms with E-state index in [-0.39, 0.29) is 11.8 Å². The predicted octanol–water partition coefficient (Wildman–Crippen LogP) is 5.70. The molecular formula is C22H23Cl2N5O3S. The molecule has 0 radical (unpaired) electrons. The van der Waals surface area contributed by atoms with Crippen molar-refractivity contribution in [2.75, 3.05) is 17.7 Å². The van der Waals surface area contributed by atoms with Gasteiger partial charge in [-0.25, -0.2) is 4.79 Å². The van der Waals surface area contributed by atoms with E-state index < -0.39 is 12.1 Å². The highest BCUT2D eigenvalue weighted by Crippen LogP contribution is 2.29. The summed E-state index contributed by atoms with van der Waals surface area (Å²) in [7, 11) is 1.59. The molecule has 0 aliphatic carbocycles. The molecule has 0 unspecified atom stereocenters. The summed E-state index contributed by atoms with van der Waals surface area (Å²) in [6, 6.07) is 10.8. The molecule has 1 heterocycles. The van der Waals surface area contributed by atoms with Crippen molar-refractivity contribution in [1.82, 2.24) is 15.5 Å². The van der Waals surface area contributed by atoms with Crippen molar-refractivity contribution in [3.05, 3.63) is 52.5 Å². The number of aromatic nitrogens is 2. The number of urea groups is 1. The third-order valence-corrected chi connectivity index (χ3v) is 6.56. The lowest BCUT2D eigenvalue weighted by Gasteiger charge is -2.23. The number of nitrogens with zero attached hydrogens (tertiary/aromatic N) is 2. The molecule has 33 heavy (non-hydrogen) atoms. The Hall–Kier alpha value is -2.88. The monoisotopic (exact) mass is 507 g/mol. The highest BCUT2D eigenvalue weighted by Gasteiger charge is 2.27. The number of nitrogens with one attached hydrogen (secondary N) is 3. The maximum Gasteiger partial charge on any atom is 0.319 e. The predicted molar refractivity (Wildman–Crippen MR) is 132 cm³/mol. The Morgan fingerprint density at radius 2 is 1.88 bits per heavy atom. The molecule has 0 saturated carbocycles. The van der Waals surface area contributed by atoms with Crippen molar-refractivity contribution in [2.24, 2.45) is 5.92 Å². The number of carbonyl (C=O) groups is 2. The summed E-state index contributed by atoms with van der Waals surface area (Å²) in [5.74, 6) is 0.180. The molecule has 2 atom stereocenters. The third-order valence-electron chi connectivity index (χ3n) is 4.93. The van der Waals surface area contributed by atoms with Gasteiger partial charge in [0, 0.05) is 11.3 Å². The molecular weight excluding hydrogens is 485 g/mol. The van der Waals surface area contributed by atoms with Crippen LogP contribution in [-0.2, 0) is 4.79 Å². The maximum absolute atomic E-state index is 13.0. The van der Waals surface area contributed by atoms with E-state index in [1.54, 1.807) is 19.2 Å². The van der Waals surface area contributed by atoms with Gasteiger partial charge in [-0.15, -0.1) is 10.2 Å². The van der Waals surface area contributed by atoms with Crippen LogP contribution in [0.2, 0.25) is 10.0 Å². The Labute approximate surface area is 205 Å². The second-order valence-electron chi connectivity index (χ2n) is 7.22. The second kappa shape index (κ2) is 11.3. The second-order valence-corrected chi connectivity index (χ2v) is 9.02. The molecule has 8 nitrogen and oxygen atoms in total. The van der Waals surface area contributed by atoms with Gasteiger partial charge in [0.2, 0.25) is 11.0 Å². The van der Waals surface area contributed by atoms with Crippen molar-refractivity contribution in [1.29, 1.82) is 0 Å². The topological polar surface area (TPSA) is 105 Å². The van der Waals surface area contributed by atoms with Crippen LogP contribution in [0.4, 0.5) is 15.6 Å². The van der Waals surface area contributed by atoms with E-state index in [0.717, 1.165) is 5.56 Å². The smallest absolute Gasteiger partial charge is 0.319 e. The largest absolute Gasteiger partial charge is 0.497 e. The number of benzene rings is 2. The third kappa shape index (κ3) is 6.56. The Kier molecular flexibility index (Phi) is 8.49. The van der Waals surface area contributed by atoms with Crippen molar-refractivity contribution in [3.8, 4) is 16.3 Å². The molecule has 3 aromatic rings. The lowest BCUT2D eigenvalue weighted by molar-refractivity contribution is -0.119. The fourth-order valence-electron chi connectivity index (χ4n) is 2.91. The molecule has 3 N–H and O–H groups in total. The van der Waals surface area contributed by atoms with Crippen LogP contribution < -0.4 is 20.7 Å². The van der Waals surface area contributed by atoms with Crippen LogP contribution in [0.25, 0.3) is 10.6 Å². The maximum atomic E-state index is 13.0. The van der Waals surface area contributed by atoms with E-state index >= 15 is 0 Å². The fraction of sp³-hybridized carbons (Fsp3) is 0.273. The van der Waals surface area contributed by atoms with Crippen LogP contribution in [0.1, 0.15) is 20.3 Å². The number of hydrogen-bond acceptors (Lipinski definition) is 6.